The molecule has 0 spiro atoms. The standard InChI is InChI=1S/C14H27N3O4/c1-14(2,3)13(21)15-7-6-11(18)17(10-12(19)20)9-8-16(4)5/h6-10H2,1-5H3,(H,15,21)(H,19,20). The molecule has 0 aliphatic heterocycles. The maximum Gasteiger partial charge on any atom is 0.323 e. The Balaban J connectivity index is 4.34. The first-order valence-electron chi connectivity index (χ1n) is 6.96. The third kappa shape index (κ3) is 9.01. The van der Waals surface area contributed by atoms with Crippen molar-refractivity contribution in [2.75, 3.05) is 40.3 Å². The normalized spacial score (nSPS) is 11.3. The summed E-state index contributed by atoms with van der Waals surface area (Å²) in [6.07, 6.45) is 0.0997. The van der Waals surface area contributed by atoms with Crippen molar-refractivity contribution in [3.63, 3.8) is 0 Å². The minimum absolute atomic E-state index is 0.0997. The first-order valence-corrected chi connectivity index (χ1v) is 6.96. The lowest BCUT2D eigenvalue weighted by Gasteiger charge is -2.23. The molecule has 0 aromatic rings. The molecule has 0 unspecified atom stereocenters. The van der Waals surface area contributed by atoms with Crippen LogP contribution in [-0.4, -0.2) is 73.0 Å². The number of amides is 2. The van der Waals surface area contributed by atoms with E-state index in [0.29, 0.717) is 13.1 Å². The molecular weight excluding hydrogens is 274 g/mol. The van der Waals surface area contributed by atoms with Gasteiger partial charge in [0.05, 0.1) is 0 Å². The molecule has 0 aliphatic carbocycles. The Labute approximate surface area is 126 Å². The number of carbonyl (C=O) groups is 3. The molecule has 7 heteroatoms. The monoisotopic (exact) mass is 301 g/mol. The van der Waals surface area contributed by atoms with Crippen molar-refractivity contribution >= 4 is 17.8 Å². The molecule has 21 heavy (non-hydrogen) atoms. The molecule has 0 saturated carbocycles. The van der Waals surface area contributed by atoms with Crippen LogP contribution in [-0.2, 0) is 14.4 Å². The number of likely N-dealkylation sites (N-methyl/N-ethyl adjacent to an activating group) is 1. The Hall–Kier alpha value is -1.63. The van der Waals surface area contributed by atoms with E-state index in [9.17, 15) is 14.4 Å². The van der Waals surface area contributed by atoms with Gasteiger partial charge in [0.2, 0.25) is 11.8 Å². The molecule has 0 radical (unpaired) electrons. The van der Waals surface area contributed by atoms with E-state index in [-0.39, 0.29) is 31.3 Å². The highest BCUT2D eigenvalue weighted by Crippen LogP contribution is 2.12. The van der Waals surface area contributed by atoms with Gasteiger partial charge in [-0.1, -0.05) is 20.8 Å². The van der Waals surface area contributed by atoms with Crippen LogP contribution in [0.4, 0.5) is 0 Å². The fraction of sp³-hybridized carbons (Fsp3) is 0.786. The molecule has 0 aromatic carbocycles. The summed E-state index contributed by atoms with van der Waals surface area (Å²) in [6.45, 7) is 6.21. The van der Waals surface area contributed by atoms with Crippen LogP contribution < -0.4 is 5.32 Å². The van der Waals surface area contributed by atoms with Gasteiger partial charge >= 0.3 is 5.97 Å². The molecule has 0 bridgehead atoms. The fourth-order valence-corrected chi connectivity index (χ4v) is 1.48. The van der Waals surface area contributed by atoms with Crippen molar-refractivity contribution in [3.05, 3.63) is 0 Å². The van der Waals surface area contributed by atoms with Crippen molar-refractivity contribution in [2.24, 2.45) is 5.41 Å². The number of nitrogens with zero attached hydrogens (tertiary/aromatic N) is 2. The van der Waals surface area contributed by atoms with Crippen molar-refractivity contribution in [1.29, 1.82) is 0 Å². The number of carbonyl (C=O) groups excluding carboxylic acids is 2. The van der Waals surface area contributed by atoms with Gasteiger partial charge in [0.1, 0.15) is 6.54 Å². The minimum Gasteiger partial charge on any atom is -0.480 e. The molecule has 0 saturated heterocycles. The van der Waals surface area contributed by atoms with Crippen LogP contribution in [0.3, 0.4) is 0 Å². The Morgan fingerprint density at radius 1 is 1.10 bits per heavy atom. The van der Waals surface area contributed by atoms with Crippen LogP contribution in [0, 0.1) is 5.41 Å². The average Bonchev–Trinajstić information content (AvgIpc) is 2.32. The van der Waals surface area contributed by atoms with E-state index >= 15 is 0 Å². The third-order valence-electron chi connectivity index (χ3n) is 2.80. The zero-order chi connectivity index (χ0) is 16.6. The maximum absolute atomic E-state index is 12.0. The summed E-state index contributed by atoms with van der Waals surface area (Å²) in [5, 5.41) is 11.5. The summed E-state index contributed by atoms with van der Waals surface area (Å²) in [5.41, 5.74) is -0.505. The summed E-state index contributed by atoms with van der Waals surface area (Å²) in [5.74, 6) is -1.44. The molecular formula is C14H27N3O4. The van der Waals surface area contributed by atoms with Crippen LogP contribution in [0.25, 0.3) is 0 Å². The predicted molar refractivity (Wildman–Crippen MR) is 79.9 cm³/mol. The van der Waals surface area contributed by atoms with Gasteiger partial charge in [-0.25, -0.2) is 0 Å². The maximum atomic E-state index is 12.0. The topological polar surface area (TPSA) is 89.9 Å². The molecule has 7 nitrogen and oxygen atoms in total. The van der Waals surface area contributed by atoms with E-state index in [0.717, 1.165) is 0 Å². The van der Waals surface area contributed by atoms with Gasteiger partial charge in [0, 0.05) is 31.5 Å². The quantitative estimate of drug-likeness (QED) is 0.659. The van der Waals surface area contributed by atoms with E-state index in [1.807, 2.05) is 19.0 Å². The second-order valence-corrected chi connectivity index (χ2v) is 6.27. The number of aliphatic carboxylic acids is 1. The van der Waals surface area contributed by atoms with Gasteiger partial charge in [0.25, 0.3) is 0 Å². The summed E-state index contributed by atoms with van der Waals surface area (Å²) < 4.78 is 0. The zero-order valence-corrected chi connectivity index (χ0v) is 13.6. The van der Waals surface area contributed by atoms with E-state index in [1.54, 1.807) is 20.8 Å². The van der Waals surface area contributed by atoms with Crippen molar-refractivity contribution < 1.29 is 19.5 Å². The first-order chi connectivity index (χ1) is 9.54. The van der Waals surface area contributed by atoms with Crippen LogP contribution in [0.15, 0.2) is 0 Å². The fourth-order valence-electron chi connectivity index (χ4n) is 1.48. The summed E-state index contributed by atoms with van der Waals surface area (Å²) in [7, 11) is 3.71. The number of carboxylic acid groups (broad SMARTS) is 1. The number of hydrogen-bond acceptors (Lipinski definition) is 4. The van der Waals surface area contributed by atoms with Crippen molar-refractivity contribution in [3.8, 4) is 0 Å². The van der Waals surface area contributed by atoms with Gasteiger partial charge in [-0.05, 0) is 14.1 Å². The molecule has 0 aromatic heterocycles. The lowest BCUT2D eigenvalue weighted by atomic mass is 9.96. The molecule has 0 aliphatic rings. The minimum atomic E-state index is -1.04. The Kier molecular flexibility index (Phi) is 7.94. The van der Waals surface area contributed by atoms with Crippen LogP contribution in [0.5, 0.6) is 0 Å². The van der Waals surface area contributed by atoms with E-state index in [4.69, 9.17) is 5.11 Å². The van der Waals surface area contributed by atoms with E-state index in [1.165, 1.54) is 4.90 Å². The molecule has 0 heterocycles. The Morgan fingerprint density at radius 3 is 2.10 bits per heavy atom. The third-order valence-corrected chi connectivity index (χ3v) is 2.80. The lowest BCUT2D eigenvalue weighted by Crippen LogP contribution is -2.42. The van der Waals surface area contributed by atoms with E-state index < -0.39 is 11.4 Å². The number of nitrogens with one attached hydrogen (secondary N) is 1. The predicted octanol–water partition coefficient (Wildman–Crippen LogP) is 0.0136. The highest BCUT2D eigenvalue weighted by atomic mass is 16.4. The van der Waals surface area contributed by atoms with Gasteiger partial charge in [-0.15, -0.1) is 0 Å². The van der Waals surface area contributed by atoms with Gasteiger partial charge in [-0.3, -0.25) is 14.4 Å². The molecule has 122 valence electrons. The Morgan fingerprint density at radius 2 is 1.67 bits per heavy atom. The number of hydrogen-bond donors (Lipinski definition) is 2. The molecule has 0 atom stereocenters. The first kappa shape index (κ1) is 19.4. The summed E-state index contributed by atoms with van der Waals surface area (Å²) in [4.78, 5) is 37.7. The molecule has 2 amide bonds. The lowest BCUT2D eigenvalue weighted by molar-refractivity contribution is -0.144. The van der Waals surface area contributed by atoms with Gasteiger partial charge in [-0.2, -0.15) is 0 Å². The van der Waals surface area contributed by atoms with E-state index in [2.05, 4.69) is 5.32 Å². The van der Waals surface area contributed by atoms with Crippen molar-refractivity contribution in [2.45, 2.75) is 27.2 Å². The number of rotatable bonds is 8. The molecule has 2 N–H and O–H groups in total. The smallest absolute Gasteiger partial charge is 0.323 e. The second-order valence-electron chi connectivity index (χ2n) is 6.27. The second kappa shape index (κ2) is 8.61. The highest BCUT2D eigenvalue weighted by molar-refractivity contribution is 5.83. The summed E-state index contributed by atoms with van der Waals surface area (Å²) >= 11 is 0. The largest absolute Gasteiger partial charge is 0.480 e. The van der Waals surface area contributed by atoms with Crippen molar-refractivity contribution in [1.82, 2.24) is 15.1 Å². The summed E-state index contributed by atoms with van der Waals surface area (Å²) in [6, 6.07) is 0. The number of carboxylic acids is 1. The van der Waals surface area contributed by atoms with Crippen LogP contribution in [0.1, 0.15) is 27.2 Å². The SMILES string of the molecule is CN(C)CCN(CC(=O)O)C(=O)CCNC(=O)C(C)(C)C. The Bertz CT molecular complexity index is 375. The van der Waals surface area contributed by atoms with Crippen LogP contribution >= 0.6 is 0 Å². The van der Waals surface area contributed by atoms with Crippen LogP contribution in [0.2, 0.25) is 0 Å². The molecule has 0 rings (SSSR count). The average molecular weight is 301 g/mol. The zero-order valence-electron chi connectivity index (χ0n) is 13.6. The molecule has 0 fully saturated rings. The highest BCUT2D eigenvalue weighted by Gasteiger charge is 2.21. The van der Waals surface area contributed by atoms with Gasteiger partial charge < -0.3 is 20.2 Å². The van der Waals surface area contributed by atoms with Gasteiger partial charge in [0.15, 0.2) is 0 Å².